The molecule has 6 rings (SSSR count). The molecule has 10 nitrogen and oxygen atoms in total. The summed E-state index contributed by atoms with van der Waals surface area (Å²) in [6, 6.07) is 20.2. The molecule has 2 bridgehead atoms. The molecular formula is C27H25N7O3. The molecule has 4 N–H and O–H groups in total. The minimum Gasteiger partial charge on any atom is -0.407 e. The van der Waals surface area contributed by atoms with E-state index in [9.17, 15) is 4.79 Å². The van der Waals surface area contributed by atoms with E-state index in [-0.39, 0.29) is 18.0 Å². The molecule has 1 aromatic heterocycles. The minimum absolute atomic E-state index is 0.171. The third-order valence-corrected chi connectivity index (χ3v) is 6.67. The lowest BCUT2D eigenvalue weighted by Crippen LogP contribution is -2.43. The van der Waals surface area contributed by atoms with Crippen molar-refractivity contribution in [2.24, 2.45) is 4.99 Å². The van der Waals surface area contributed by atoms with Crippen LogP contribution in [0.3, 0.4) is 0 Å². The van der Waals surface area contributed by atoms with Crippen LogP contribution in [-0.4, -0.2) is 60.0 Å². The Morgan fingerprint density at radius 3 is 2.68 bits per heavy atom. The van der Waals surface area contributed by atoms with Crippen LogP contribution in [0.1, 0.15) is 23.1 Å². The summed E-state index contributed by atoms with van der Waals surface area (Å²) in [5.41, 5.74) is 3.31. The molecule has 3 atom stereocenters. The Balaban J connectivity index is 1.22. The first kappa shape index (κ1) is 22.9. The van der Waals surface area contributed by atoms with Crippen molar-refractivity contribution in [3.8, 4) is 0 Å². The molecule has 37 heavy (non-hydrogen) atoms. The smallest absolute Gasteiger partial charge is 0.290 e. The maximum Gasteiger partial charge on any atom is 0.290 e. The Hall–Kier alpha value is -4.57. The highest BCUT2D eigenvalue weighted by molar-refractivity contribution is 6.19. The summed E-state index contributed by atoms with van der Waals surface area (Å²) >= 11 is 0. The zero-order valence-electron chi connectivity index (χ0n) is 19.8. The van der Waals surface area contributed by atoms with Crippen molar-refractivity contribution >= 4 is 35.0 Å². The molecule has 1 unspecified atom stereocenters. The number of pyridine rings is 1. The van der Waals surface area contributed by atoms with E-state index in [1.807, 2.05) is 54.6 Å². The summed E-state index contributed by atoms with van der Waals surface area (Å²) in [5, 5.41) is 22.5. The number of amides is 1. The number of para-hydroxylation sites is 1. The molecule has 4 heterocycles. The fraction of sp³-hybridized carbons (Fsp3) is 0.222. The summed E-state index contributed by atoms with van der Waals surface area (Å²) in [6.07, 6.45) is 1.64. The minimum atomic E-state index is -1.14. The van der Waals surface area contributed by atoms with E-state index in [1.165, 1.54) is 0 Å². The average Bonchev–Trinajstić information content (AvgIpc) is 3.53. The van der Waals surface area contributed by atoms with Crippen LogP contribution in [0.4, 0.5) is 11.5 Å². The molecule has 3 aromatic rings. The van der Waals surface area contributed by atoms with Gasteiger partial charge in [0.1, 0.15) is 5.82 Å². The lowest BCUT2D eigenvalue weighted by Gasteiger charge is -2.29. The van der Waals surface area contributed by atoms with E-state index in [0.29, 0.717) is 35.9 Å². The monoisotopic (exact) mass is 495 g/mol. The van der Waals surface area contributed by atoms with Crippen LogP contribution in [-0.2, 0) is 14.3 Å². The van der Waals surface area contributed by atoms with E-state index in [1.54, 1.807) is 18.3 Å². The highest BCUT2D eigenvalue weighted by Crippen LogP contribution is 2.33. The second kappa shape index (κ2) is 9.47. The van der Waals surface area contributed by atoms with Gasteiger partial charge in [-0.25, -0.2) is 9.98 Å². The zero-order valence-corrected chi connectivity index (χ0v) is 19.8. The largest absolute Gasteiger partial charge is 0.407 e. The van der Waals surface area contributed by atoms with Gasteiger partial charge in [-0.1, -0.05) is 48.5 Å². The standard InChI is InChI=1S/C27H25N7O3/c28-23(20-10-6-12-30-25(20)34-14-18-13-17(34)15-36-18)37-27(29)33-24-26(35)31-21-11-5-4-9-19(21)22(32-24)16-7-2-1-3-8-16/h1-12,17-18,24,28H,13-15H2,(H2,29,33)(H,31,35)/t17-,18-,24?/m1/s1. The van der Waals surface area contributed by atoms with Gasteiger partial charge in [0.05, 0.1) is 35.7 Å². The molecule has 3 aliphatic heterocycles. The van der Waals surface area contributed by atoms with Gasteiger partial charge in [0.2, 0.25) is 12.1 Å². The van der Waals surface area contributed by atoms with Crippen LogP contribution in [0.5, 0.6) is 0 Å². The van der Waals surface area contributed by atoms with Crippen LogP contribution >= 0.6 is 0 Å². The number of carbonyl (C=O) groups excluding carboxylic acids is 1. The number of benzodiazepines with no additional fused rings is 1. The second-order valence-corrected chi connectivity index (χ2v) is 9.06. The van der Waals surface area contributed by atoms with Gasteiger partial charge >= 0.3 is 0 Å². The Morgan fingerprint density at radius 2 is 1.89 bits per heavy atom. The number of morpholine rings is 1. The predicted molar refractivity (Wildman–Crippen MR) is 139 cm³/mol. The van der Waals surface area contributed by atoms with Gasteiger partial charge in [0.25, 0.3) is 11.9 Å². The number of anilines is 2. The molecular weight excluding hydrogens is 470 g/mol. The Morgan fingerprint density at radius 1 is 1.08 bits per heavy atom. The van der Waals surface area contributed by atoms with E-state index in [4.69, 9.17) is 20.3 Å². The summed E-state index contributed by atoms with van der Waals surface area (Å²) < 4.78 is 11.2. The third kappa shape index (κ3) is 4.43. The molecule has 0 spiro atoms. The van der Waals surface area contributed by atoms with Crippen molar-refractivity contribution in [3.05, 3.63) is 89.6 Å². The first-order valence-corrected chi connectivity index (χ1v) is 12.1. The fourth-order valence-corrected chi connectivity index (χ4v) is 4.95. The highest BCUT2D eigenvalue weighted by Gasteiger charge is 2.40. The van der Waals surface area contributed by atoms with Crippen molar-refractivity contribution in [1.82, 2.24) is 10.3 Å². The molecule has 2 saturated heterocycles. The number of aliphatic imine (C=N–C) groups is 1. The number of benzene rings is 2. The summed E-state index contributed by atoms with van der Waals surface area (Å²) in [5.74, 6) is -0.0505. The number of nitrogens with zero attached hydrogens (tertiary/aromatic N) is 3. The lowest BCUT2D eigenvalue weighted by atomic mass is 10.0. The fourth-order valence-electron chi connectivity index (χ4n) is 4.95. The molecule has 10 heteroatoms. The maximum absolute atomic E-state index is 13.0. The summed E-state index contributed by atoms with van der Waals surface area (Å²) in [7, 11) is 0. The number of nitrogens with one attached hydrogen (secondary N) is 4. The number of amidine groups is 1. The van der Waals surface area contributed by atoms with Crippen molar-refractivity contribution in [3.63, 3.8) is 0 Å². The van der Waals surface area contributed by atoms with Crippen molar-refractivity contribution in [2.75, 3.05) is 23.4 Å². The van der Waals surface area contributed by atoms with E-state index in [0.717, 1.165) is 17.5 Å². The number of ether oxygens (including phenoxy) is 2. The molecule has 0 radical (unpaired) electrons. The first-order valence-electron chi connectivity index (χ1n) is 12.1. The van der Waals surface area contributed by atoms with Gasteiger partial charge in [-0.3, -0.25) is 15.6 Å². The SMILES string of the molecule is N=C(NC1N=C(c2ccccc2)c2ccccc2NC1=O)OC(=N)c1cccnc1N1C[C@H]2C[C@@H]1CO2. The van der Waals surface area contributed by atoms with Crippen LogP contribution in [0.2, 0.25) is 0 Å². The van der Waals surface area contributed by atoms with Crippen LogP contribution in [0.25, 0.3) is 0 Å². The molecule has 0 saturated carbocycles. The predicted octanol–water partition coefficient (Wildman–Crippen LogP) is 2.74. The molecule has 2 fully saturated rings. The first-order chi connectivity index (χ1) is 18.1. The number of rotatable bonds is 4. The normalized spacial score (nSPS) is 21.9. The second-order valence-electron chi connectivity index (χ2n) is 9.06. The third-order valence-electron chi connectivity index (χ3n) is 6.67. The average molecular weight is 496 g/mol. The van der Waals surface area contributed by atoms with Crippen LogP contribution < -0.4 is 15.5 Å². The van der Waals surface area contributed by atoms with Crippen LogP contribution in [0.15, 0.2) is 77.9 Å². The Labute approximate surface area is 213 Å². The van der Waals surface area contributed by atoms with Gasteiger partial charge in [-0.2, -0.15) is 0 Å². The summed E-state index contributed by atoms with van der Waals surface area (Å²) in [6.45, 7) is 1.34. The number of carbonyl (C=O) groups is 1. The van der Waals surface area contributed by atoms with Crippen molar-refractivity contribution < 1.29 is 14.3 Å². The topological polar surface area (TPSA) is 136 Å². The van der Waals surface area contributed by atoms with Gasteiger partial charge in [0, 0.05) is 23.9 Å². The molecule has 2 aromatic carbocycles. The van der Waals surface area contributed by atoms with E-state index < -0.39 is 18.1 Å². The molecule has 1 amide bonds. The van der Waals surface area contributed by atoms with Crippen molar-refractivity contribution in [1.29, 1.82) is 10.8 Å². The van der Waals surface area contributed by atoms with Crippen LogP contribution in [0, 0.1) is 10.8 Å². The molecule has 186 valence electrons. The number of hydrogen-bond donors (Lipinski definition) is 4. The van der Waals surface area contributed by atoms with Gasteiger partial charge in [0.15, 0.2) is 0 Å². The lowest BCUT2D eigenvalue weighted by molar-refractivity contribution is -0.117. The highest BCUT2D eigenvalue weighted by atomic mass is 16.5. The van der Waals surface area contributed by atoms with E-state index >= 15 is 0 Å². The Bertz CT molecular complexity index is 1410. The van der Waals surface area contributed by atoms with Gasteiger partial charge in [-0.05, 0) is 24.6 Å². The zero-order chi connectivity index (χ0) is 25.4. The number of aromatic nitrogens is 1. The quantitative estimate of drug-likeness (QED) is 0.325. The van der Waals surface area contributed by atoms with Gasteiger partial charge < -0.3 is 25.0 Å². The maximum atomic E-state index is 13.0. The molecule has 3 aliphatic rings. The van der Waals surface area contributed by atoms with Crippen molar-refractivity contribution in [2.45, 2.75) is 24.7 Å². The Kier molecular flexibility index (Phi) is 5.85. The van der Waals surface area contributed by atoms with E-state index in [2.05, 4.69) is 25.5 Å². The molecule has 0 aliphatic carbocycles. The number of hydrogen-bond acceptors (Lipinski definition) is 8. The summed E-state index contributed by atoms with van der Waals surface area (Å²) in [4.78, 5) is 24.3. The number of fused-ring (bicyclic) bond motifs is 3. The van der Waals surface area contributed by atoms with Gasteiger partial charge in [-0.15, -0.1) is 0 Å².